The summed E-state index contributed by atoms with van der Waals surface area (Å²) in [4.78, 5) is 2.02. The minimum atomic E-state index is -0.826. The van der Waals surface area contributed by atoms with Gasteiger partial charge in [-0.25, -0.2) is 8.78 Å². The molecule has 1 aromatic carbocycles. The van der Waals surface area contributed by atoms with E-state index in [1.807, 2.05) is 18.9 Å². The topological polar surface area (TPSA) is 27.0 Å². The normalized spacial score (nSPS) is 12.5. The van der Waals surface area contributed by atoms with Crippen molar-refractivity contribution in [2.45, 2.75) is 25.8 Å². The number of nitriles is 1. The second kappa shape index (κ2) is 6.31. The van der Waals surface area contributed by atoms with Crippen molar-refractivity contribution in [3.05, 3.63) is 35.4 Å². The Hall–Kier alpha value is -1.47. The maximum atomic E-state index is 13.1. The fourth-order valence-corrected chi connectivity index (χ4v) is 1.63. The van der Waals surface area contributed by atoms with Crippen molar-refractivity contribution in [2.24, 2.45) is 0 Å². The van der Waals surface area contributed by atoms with Gasteiger partial charge in [-0.05, 0) is 44.6 Å². The van der Waals surface area contributed by atoms with Crippen molar-refractivity contribution >= 4 is 0 Å². The first-order valence-corrected chi connectivity index (χ1v) is 5.58. The molecule has 1 aromatic rings. The summed E-state index contributed by atoms with van der Waals surface area (Å²) in [6, 6.07) is 6.04. The predicted octanol–water partition coefficient (Wildman–Crippen LogP) is 3.26. The van der Waals surface area contributed by atoms with Crippen LogP contribution < -0.4 is 0 Å². The van der Waals surface area contributed by atoms with Crippen LogP contribution in [0.4, 0.5) is 8.78 Å². The van der Waals surface area contributed by atoms with Crippen molar-refractivity contribution < 1.29 is 8.78 Å². The van der Waals surface area contributed by atoms with Gasteiger partial charge in [0, 0.05) is 12.5 Å². The van der Waals surface area contributed by atoms with E-state index >= 15 is 0 Å². The average Bonchev–Trinajstić information content (AvgIpc) is 2.32. The molecule has 92 valence electrons. The number of benzene rings is 1. The number of rotatable bonds is 5. The third kappa shape index (κ3) is 3.79. The zero-order valence-electron chi connectivity index (χ0n) is 10.1. The van der Waals surface area contributed by atoms with Gasteiger partial charge < -0.3 is 0 Å². The Labute approximate surface area is 100 Å². The van der Waals surface area contributed by atoms with Gasteiger partial charge in [-0.15, -0.1) is 0 Å². The molecular weight excluding hydrogens is 222 g/mol. The highest BCUT2D eigenvalue weighted by Gasteiger charge is 2.13. The van der Waals surface area contributed by atoms with Crippen LogP contribution in [0.5, 0.6) is 0 Å². The molecule has 1 unspecified atom stereocenters. The van der Waals surface area contributed by atoms with E-state index in [9.17, 15) is 8.78 Å². The highest BCUT2D eigenvalue weighted by Crippen LogP contribution is 2.20. The van der Waals surface area contributed by atoms with Gasteiger partial charge in [-0.2, -0.15) is 5.26 Å². The lowest BCUT2D eigenvalue weighted by atomic mass is 10.1. The van der Waals surface area contributed by atoms with Crippen LogP contribution in [-0.4, -0.2) is 18.5 Å². The number of hydrogen-bond acceptors (Lipinski definition) is 2. The summed E-state index contributed by atoms with van der Waals surface area (Å²) in [6.45, 7) is 2.69. The second-order valence-corrected chi connectivity index (χ2v) is 4.09. The maximum Gasteiger partial charge on any atom is 0.159 e. The molecule has 0 saturated carbocycles. The smallest absolute Gasteiger partial charge is 0.159 e. The summed E-state index contributed by atoms with van der Waals surface area (Å²) in [6.07, 6.45) is 1.29. The quantitative estimate of drug-likeness (QED) is 0.736. The Kier molecular flexibility index (Phi) is 5.05. The van der Waals surface area contributed by atoms with Gasteiger partial charge in [-0.1, -0.05) is 6.07 Å². The summed E-state index contributed by atoms with van der Waals surface area (Å²) in [5.74, 6) is -1.65. The summed E-state index contributed by atoms with van der Waals surface area (Å²) >= 11 is 0. The zero-order chi connectivity index (χ0) is 12.8. The van der Waals surface area contributed by atoms with E-state index in [0.717, 1.165) is 24.6 Å². The van der Waals surface area contributed by atoms with Gasteiger partial charge in [-0.3, -0.25) is 4.90 Å². The first kappa shape index (κ1) is 13.6. The SMILES string of the molecule is CC(c1ccc(F)c(F)c1)N(C)CCCC#N. The van der Waals surface area contributed by atoms with Gasteiger partial charge in [0.2, 0.25) is 0 Å². The van der Waals surface area contributed by atoms with Crippen LogP contribution in [0.3, 0.4) is 0 Å². The molecule has 0 heterocycles. The zero-order valence-corrected chi connectivity index (χ0v) is 10.1. The van der Waals surface area contributed by atoms with Crippen molar-refractivity contribution in [2.75, 3.05) is 13.6 Å². The lowest BCUT2D eigenvalue weighted by Crippen LogP contribution is -2.23. The monoisotopic (exact) mass is 238 g/mol. The van der Waals surface area contributed by atoms with Gasteiger partial charge in [0.25, 0.3) is 0 Å². The number of hydrogen-bond donors (Lipinski definition) is 0. The van der Waals surface area contributed by atoms with Crippen molar-refractivity contribution in [3.63, 3.8) is 0 Å². The standard InChI is InChI=1S/C13H16F2N2/c1-10(17(2)8-4-3-7-16)11-5-6-12(14)13(15)9-11/h5-6,9-10H,3-4,8H2,1-2H3. The summed E-state index contributed by atoms with van der Waals surface area (Å²) in [5, 5.41) is 8.44. The number of unbranched alkanes of at least 4 members (excludes halogenated alkanes) is 1. The first-order chi connectivity index (χ1) is 8.06. The van der Waals surface area contributed by atoms with E-state index < -0.39 is 11.6 Å². The second-order valence-electron chi connectivity index (χ2n) is 4.09. The van der Waals surface area contributed by atoms with E-state index in [4.69, 9.17) is 5.26 Å². The number of halogens is 2. The molecular formula is C13H16F2N2. The third-order valence-corrected chi connectivity index (χ3v) is 2.89. The Balaban J connectivity index is 2.65. The molecule has 0 radical (unpaired) electrons. The Morgan fingerprint density at radius 1 is 1.35 bits per heavy atom. The van der Waals surface area contributed by atoms with E-state index in [1.54, 1.807) is 6.07 Å². The van der Waals surface area contributed by atoms with E-state index in [-0.39, 0.29) is 6.04 Å². The largest absolute Gasteiger partial charge is 0.300 e. The molecule has 0 spiro atoms. The van der Waals surface area contributed by atoms with Gasteiger partial charge in [0.05, 0.1) is 6.07 Å². The van der Waals surface area contributed by atoms with Crippen LogP contribution in [0, 0.1) is 23.0 Å². The summed E-state index contributed by atoms with van der Waals surface area (Å²) in [7, 11) is 1.91. The molecule has 0 fully saturated rings. The predicted molar refractivity (Wildman–Crippen MR) is 62.3 cm³/mol. The molecule has 0 aromatic heterocycles. The lowest BCUT2D eigenvalue weighted by molar-refractivity contribution is 0.258. The molecule has 1 rings (SSSR count). The Morgan fingerprint density at radius 3 is 2.65 bits per heavy atom. The Bertz CT molecular complexity index is 412. The molecule has 0 aliphatic heterocycles. The van der Waals surface area contributed by atoms with Crippen LogP contribution in [0.1, 0.15) is 31.4 Å². The highest BCUT2D eigenvalue weighted by molar-refractivity contribution is 5.20. The van der Waals surface area contributed by atoms with E-state index in [0.29, 0.717) is 6.42 Å². The first-order valence-electron chi connectivity index (χ1n) is 5.58. The van der Waals surface area contributed by atoms with Crippen LogP contribution >= 0.6 is 0 Å². The molecule has 17 heavy (non-hydrogen) atoms. The van der Waals surface area contributed by atoms with E-state index in [1.165, 1.54) is 6.07 Å². The molecule has 4 heteroatoms. The van der Waals surface area contributed by atoms with Crippen LogP contribution in [-0.2, 0) is 0 Å². The lowest BCUT2D eigenvalue weighted by Gasteiger charge is -2.24. The highest BCUT2D eigenvalue weighted by atomic mass is 19.2. The van der Waals surface area contributed by atoms with Crippen LogP contribution in [0.2, 0.25) is 0 Å². The molecule has 2 nitrogen and oxygen atoms in total. The van der Waals surface area contributed by atoms with Crippen molar-refractivity contribution in [3.8, 4) is 6.07 Å². The van der Waals surface area contributed by atoms with Crippen molar-refractivity contribution in [1.29, 1.82) is 5.26 Å². The van der Waals surface area contributed by atoms with Crippen LogP contribution in [0.25, 0.3) is 0 Å². The number of nitrogens with zero attached hydrogens (tertiary/aromatic N) is 2. The molecule has 0 aliphatic rings. The summed E-state index contributed by atoms with van der Waals surface area (Å²) in [5.41, 5.74) is 0.739. The third-order valence-electron chi connectivity index (χ3n) is 2.89. The minimum Gasteiger partial charge on any atom is -0.300 e. The van der Waals surface area contributed by atoms with Crippen molar-refractivity contribution in [1.82, 2.24) is 4.90 Å². The average molecular weight is 238 g/mol. The van der Waals surface area contributed by atoms with E-state index in [2.05, 4.69) is 6.07 Å². The molecule has 0 saturated heterocycles. The molecule has 0 bridgehead atoms. The van der Waals surface area contributed by atoms with Crippen LogP contribution in [0.15, 0.2) is 18.2 Å². The molecule has 0 aliphatic carbocycles. The van der Waals surface area contributed by atoms with Gasteiger partial charge in [0.1, 0.15) is 0 Å². The molecule has 1 atom stereocenters. The van der Waals surface area contributed by atoms with Gasteiger partial charge in [0.15, 0.2) is 11.6 Å². The fraction of sp³-hybridized carbons (Fsp3) is 0.462. The van der Waals surface area contributed by atoms with Gasteiger partial charge >= 0.3 is 0 Å². The Morgan fingerprint density at radius 2 is 2.06 bits per heavy atom. The minimum absolute atomic E-state index is 0.00351. The molecule has 0 amide bonds. The fourth-order valence-electron chi connectivity index (χ4n) is 1.63. The maximum absolute atomic E-state index is 13.1. The summed E-state index contributed by atoms with van der Waals surface area (Å²) < 4.78 is 25.9. The molecule has 0 N–H and O–H groups in total.